The van der Waals surface area contributed by atoms with E-state index in [1.165, 1.54) is 0 Å². The Morgan fingerprint density at radius 1 is 1.50 bits per heavy atom. The van der Waals surface area contributed by atoms with E-state index in [9.17, 15) is 0 Å². The maximum Gasteiger partial charge on any atom is 0.129 e. The Morgan fingerprint density at radius 2 is 2.25 bits per heavy atom. The van der Waals surface area contributed by atoms with Gasteiger partial charge in [-0.1, -0.05) is 13.8 Å². The second-order valence-electron chi connectivity index (χ2n) is 3.05. The number of methoxy groups -OCH3 is 1. The van der Waals surface area contributed by atoms with Gasteiger partial charge in [-0.2, -0.15) is 0 Å². The highest BCUT2D eigenvalue weighted by Crippen LogP contribution is 2.21. The van der Waals surface area contributed by atoms with Crippen LogP contribution in [-0.2, 0) is 11.3 Å². The summed E-state index contributed by atoms with van der Waals surface area (Å²) in [6.45, 7) is 4.88. The third-order valence-corrected chi connectivity index (χ3v) is 2.07. The SMILES string of the molecule is CCC(C)c1ccc(COC)o1. The quantitative estimate of drug-likeness (QED) is 0.689. The lowest BCUT2D eigenvalue weighted by Crippen LogP contribution is -1.87. The third-order valence-electron chi connectivity index (χ3n) is 2.07. The highest BCUT2D eigenvalue weighted by molar-refractivity contribution is 5.09. The number of hydrogen-bond donors (Lipinski definition) is 0. The molecule has 0 spiro atoms. The van der Waals surface area contributed by atoms with Crippen LogP contribution < -0.4 is 0 Å². The molecule has 0 saturated carbocycles. The lowest BCUT2D eigenvalue weighted by molar-refractivity contribution is 0.162. The summed E-state index contributed by atoms with van der Waals surface area (Å²) < 4.78 is 10.5. The van der Waals surface area contributed by atoms with Gasteiger partial charge in [0.1, 0.15) is 18.1 Å². The smallest absolute Gasteiger partial charge is 0.129 e. The molecule has 1 unspecified atom stereocenters. The van der Waals surface area contributed by atoms with E-state index in [4.69, 9.17) is 9.15 Å². The summed E-state index contributed by atoms with van der Waals surface area (Å²) in [5.41, 5.74) is 0. The molecule has 0 aliphatic heterocycles. The zero-order valence-electron chi connectivity index (χ0n) is 7.96. The van der Waals surface area contributed by atoms with Crippen molar-refractivity contribution in [1.82, 2.24) is 0 Å². The van der Waals surface area contributed by atoms with Crippen molar-refractivity contribution >= 4 is 0 Å². The average Bonchev–Trinajstić information content (AvgIpc) is 2.52. The molecule has 0 aliphatic rings. The van der Waals surface area contributed by atoms with Gasteiger partial charge in [0.2, 0.25) is 0 Å². The molecule has 2 heteroatoms. The maximum atomic E-state index is 5.55. The number of rotatable bonds is 4. The van der Waals surface area contributed by atoms with Crippen LogP contribution >= 0.6 is 0 Å². The van der Waals surface area contributed by atoms with E-state index in [0.717, 1.165) is 17.9 Å². The molecule has 2 nitrogen and oxygen atoms in total. The van der Waals surface area contributed by atoms with Gasteiger partial charge >= 0.3 is 0 Å². The fraction of sp³-hybridized carbons (Fsp3) is 0.600. The van der Waals surface area contributed by atoms with Crippen molar-refractivity contribution in [1.29, 1.82) is 0 Å². The molecule has 1 aromatic rings. The summed E-state index contributed by atoms with van der Waals surface area (Å²) in [7, 11) is 1.67. The van der Waals surface area contributed by atoms with Crippen molar-refractivity contribution in [2.24, 2.45) is 0 Å². The molecule has 12 heavy (non-hydrogen) atoms. The largest absolute Gasteiger partial charge is 0.463 e. The molecule has 1 aromatic heterocycles. The highest BCUT2D eigenvalue weighted by atomic mass is 16.5. The number of hydrogen-bond acceptors (Lipinski definition) is 2. The standard InChI is InChI=1S/C10H16O2/c1-4-8(2)10-6-5-9(12-10)7-11-3/h5-6,8H,4,7H2,1-3H3. The monoisotopic (exact) mass is 168 g/mol. The Kier molecular flexibility index (Phi) is 3.35. The van der Waals surface area contributed by atoms with E-state index in [1.54, 1.807) is 7.11 Å². The number of furan rings is 1. The van der Waals surface area contributed by atoms with Crippen molar-refractivity contribution in [2.75, 3.05) is 7.11 Å². The zero-order chi connectivity index (χ0) is 8.97. The minimum Gasteiger partial charge on any atom is -0.463 e. The Hall–Kier alpha value is -0.760. The summed E-state index contributed by atoms with van der Waals surface area (Å²) in [4.78, 5) is 0. The first-order valence-electron chi connectivity index (χ1n) is 4.35. The Labute approximate surface area is 73.5 Å². The topological polar surface area (TPSA) is 22.4 Å². The molecule has 1 heterocycles. The first-order chi connectivity index (χ1) is 5.77. The molecule has 1 atom stereocenters. The van der Waals surface area contributed by atoms with Crippen LogP contribution in [-0.4, -0.2) is 7.11 Å². The van der Waals surface area contributed by atoms with E-state index >= 15 is 0 Å². The number of ether oxygens (including phenoxy) is 1. The van der Waals surface area contributed by atoms with Crippen LogP contribution in [0.4, 0.5) is 0 Å². The molecular formula is C10H16O2. The summed E-state index contributed by atoms with van der Waals surface area (Å²) in [6, 6.07) is 4.01. The average molecular weight is 168 g/mol. The van der Waals surface area contributed by atoms with Crippen LogP contribution in [0.15, 0.2) is 16.5 Å². The Morgan fingerprint density at radius 3 is 2.83 bits per heavy atom. The predicted molar refractivity (Wildman–Crippen MR) is 48.1 cm³/mol. The summed E-state index contributed by atoms with van der Waals surface area (Å²) in [6.07, 6.45) is 1.11. The Bertz CT molecular complexity index is 227. The normalized spacial score (nSPS) is 13.2. The van der Waals surface area contributed by atoms with Gasteiger partial charge in [0.05, 0.1) is 0 Å². The van der Waals surface area contributed by atoms with Gasteiger partial charge in [-0.15, -0.1) is 0 Å². The lowest BCUT2D eigenvalue weighted by Gasteiger charge is -2.02. The third kappa shape index (κ3) is 2.11. The first kappa shape index (κ1) is 9.33. The van der Waals surface area contributed by atoms with Crippen molar-refractivity contribution in [3.05, 3.63) is 23.7 Å². The van der Waals surface area contributed by atoms with E-state index in [2.05, 4.69) is 13.8 Å². The van der Waals surface area contributed by atoms with E-state index in [-0.39, 0.29) is 0 Å². The highest BCUT2D eigenvalue weighted by Gasteiger charge is 2.07. The van der Waals surface area contributed by atoms with E-state index in [0.29, 0.717) is 12.5 Å². The van der Waals surface area contributed by atoms with Crippen LogP contribution in [0.2, 0.25) is 0 Å². The summed E-state index contributed by atoms with van der Waals surface area (Å²) >= 11 is 0. The van der Waals surface area contributed by atoms with Gasteiger partial charge < -0.3 is 9.15 Å². The molecule has 0 radical (unpaired) electrons. The molecular weight excluding hydrogens is 152 g/mol. The predicted octanol–water partition coefficient (Wildman–Crippen LogP) is 2.94. The van der Waals surface area contributed by atoms with Crippen LogP contribution in [0.1, 0.15) is 37.7 Å². The molecule has 1 rings (SSSR count). The van der Waals surface area contributed by atoms with Crippen molar-refractivity contribution in [3.8, 4) is 0 Å². The van der Waals surface area contributed by atoms with Crippen molar-refractivity contribution < 1.29 is 9.15 Å². The van der Waals surface area contributed by atoms with Gasteiger partial charge in [0.15, 0.2) is 0 Å². The van der Waals surface area contributed by atoms with E-state index in [1.807, 2.05) is 12.1 Å². The van der Waals surface area contributed by atoms with Gasteiger partial charge in [-0.25, -0.2) is 0 Å². The first-order valence-corrected chi connectivity index (χ1v) is 4.35. The van der Waals surface area contributed by atoms with E-state index < -0.39 is 0 Å². The van der Waals surface area contributed by atoms with Crippen molar-refractivity contribution in [2.45, 2.75) is 32.8 Å². The lowest BCUT2D eigenvalue weighted by atomic mass is 10.1. The van der Waals surface area contributed by atoms with Gasteiger partial charge in [0.25, 0.3) is 0 Å². The second kappa shape index (κ2) is 4.31. The van der Waals surface area contributed by atoms with Crippen molar-refractivity contribution in [3.63, 3.8) is 0 Å². The van der Waals surface area contributed by atoms with Crippen LogP contribution in [0.3, 0.4) is 0 Å². The minimum atomic E-state index is 0.510. The molecule has 0 N–H and O–H groups in total. The minimum absolute atomic E-state index is 0.510. The fourth-order valence-electron chi connectivity index (χ4n) is 1.08. The van der Waals surface area contributed by atoms with Gasteiger partial charge in [0, 0.05) is 13.0 Å². The molecule has 0 fully saturated rings. The fourth-order valence-corrected chi connectivity index (χ4v) is 1.08. The summed E-state index contributed by atoms with van der Waals surface area (Å²) in [5, 5.41) is 0. The zero-order valence-corrected chi connectivity index (χ0v) is 7.96. The summed E-state index contributed by atoms with van der Waals surface area (Å²) in [5.74, 6) is 2.48. The molecule has 0 amide bonds. The maximum absolute atomic E-state index is 5.55. The molecule has 68 valence electrons. The van der Waals surface area contributed by atoms with Crippen LogP contribution in [0.5, 0.6) is 0 Å². The molecule has 0 aliphatic carbocycles. The molecule has 0 aromatic carbocycles. The van der Waals surface area contributed by atoms with Gasteiger partial charge in [-0.3, -0.25) is 0 Å². The van der Waals surface area contributed by atoms with Crippen LogP contribution in [0.25, 0.3) is 0 Å². The molecule has 0 saturated heterocycles. The molecule has 0 bridgehead atoms. The van der Waals surface area contributed by atoms with Gasteiger partial charge in [-0.05, 0) is 18.6 Å². The van der Waals surface area contributed by atoms with Crippen LogP contribution in [0, 0.1) is 0 Å². The Balaban J connectivity index is 2.63. The second-order valence-corrected chi connectivity index (χ2v) is 3.05.